The normalized spacial score (nSPS) is 16.5. The SMILES string of the molecule is COc1cc(Nc2nncc(NCC3CCCO3)n2)c(OC)cc1Cl. The van der Waals surface area contributed by atoms with Gasteiger partial charge in [-0.3, -0.25) is 0 Å². The van der Waals surface area contributed by atoms with Crippen molar-refractivity contribution in [3.63, 3.8) is 0 Å². The smallest absolute Gasteiger partial charge is 0.249 e. The van der Waals surface area contributed by atoms with Crippen LogP contribution in [0.3, 0.4) is 0 Å². The molecule has 1 atom stereocenters. The van der Waals surface area contributed by atoms with Gasteiger partial charge in [-0.2, -0.15) is 10.1 Å². The third kappa shape index (κ3) is 4.40. The van der Waals surface area contributed by atoms with Crippen molar-refractivity contribution in [1.29, 1.82) is 0 Å². The maximum absolute atomic E-state index is 6.11. The topological polar surface area (TPSA) is 90.4 Å². The minimum absolute atomic E-state index is 0.215. The molecule has 2 N–H and O–H groups in total. The Morgan fingerprint density at radius 3 is 2.84 bits per heavy atom. The van der Waals surface area contributed by atoms with Crippen molar-refractivity contribution in [2.75, 3.05) is 38.0 Å². The lowest BCUT2D eigenvalue weighted by molar-refractivity contribution is 0.120. The molecule has 1 aromatic heterocycles. The van der Waals surface area contributed by atoms with Crippen LogP contribution in [-0.2, 0) is 4.74 Å². The zero-order valence-electron chi connectivity index (χ0n) is 14.1. The molecule has 0 spiro atoms. The van der Waals surface area contributed by atoms with Crippen LogP contribution in [0.1, 0.15) is 12.8 Å². The van der Waals surface area contributed by atoms with Gasteiger partial charge in [0.2, 0.25) is 5.95 Å². The van der Waals surface area contributed by atoms with Crippen LogP contribution < -0.4 is 20.1 Å². The van der Waals surface area contributed by atoms with E-state index < -0.39 is 0 Å². The second kappa shape index (κ2) is 8.17. The summed E-state index contributed by atoms with van der Waals surface area (Å²) < 4.78 is 16.1. The van der Waals surface area contributed by atoms with Crippen molar-refractivity contribution in [1.82, 2.24) is 15.2 Å². The van der Waals surface area contributed by atoms with E-state index in [0.29, 0.717) is 40.5 Å². The summed E-state index contributed by atoms with van der Waals surface area (Å²) in [5, 5.41) is 14.7. The summed E-state index contributed by atoms with van der Waals surface area (Å²) >= 11 is 6.11. The fourth-order valence-corrected chi connectivity index (χ4v) is 2.77. The van der Waals surface area contributed by atoms with Gasteiger partial charge < -0.3 is 24.8 Å². The van der Waals surface area contributed by atoms with E-state index in [4.69, 9.17) is 25.8 Å². The predicted octanol–water partition coefficient (Wildman–Crippen LogP) is 2.88. The molecule has 2 aromatic rings. The standard InChI is InChI=1S/C16H20ClN5O3/c1-23-13-7-12(14(24-2)6-11(13)17)20-16-21-15(9-19-22-16)18-8-10-4-3-5-25-10/h6-7,9-10H,3-5,8H2,1-2H3,(H2,18,20,21,22). The summed E-state index contributed by atoms with van der Waals surface area (Å²) in [5.41, 5.74) is 0.627. The van der Waals surface area contributed by atoms with Crippen LogP contribution in [-0.4, -0.2) is 48.7 Å². The third-order valence-corrected chi connectivity index (χ3v) is 4.11. The lowest BCUT2D eigenvalue weighted by Gasteiger charge is -2.14. The van der Waals surface area contributed by atoms with Crippen molar-refractivity contribution >= 4 is 29.1 Å². The molecule has 0 bridgehead atoms. The maximum atomic E-state index is 6.11. The minimum atomic E-state index is 0.215. The van der Waals surface area contributed by atoms with Crippen LogP contribution in [0.2, 0.25) is 5.02 Å². The average Bonchev–Trinajstić information content (AvgIpc) is 3.15. The van der Waals surface area contributed by atoms with Crippen molar-refractivity contribution in [2.45, 2.75) is 18.9 Å². The Morgan fingerprint density at radius 1 is 1.28 bits per heavy atom. The molecule has 0 amide bonds. The second-order valence-electron chi connectivity index (χ2n) is 5.49. The fraction of sp³-hybridized carbons (Fsp3) is 0.438. The number of hydrogen-bond acceptors (Lipinski definition) is 8. The summed E-state index contributed by atoms with van der Waals surface area (Å²) in [7, 11) is 3.10. The lowest BCUT2D eigenvalue weighted by Crippen LogP contribution is -2.19. The quantitative estimate of drug-likeness (QED) is 0.774. The summed E-state index contributed by atoms with van der Waals surface area (Å²) in [6, 6.07) is 3.38. The first-order chi connectivity index (χ1) is 12.2. The van der Waals surface area contributed by atoms with E-state index in [9.17, 15) is 0 Å². The Bertz CT molecular complexity index is 725. The van der Waals surface area contributed by atoms with E-state index in [1.807, 2.05) is 0 Å². The molecule has 0 saturated carbocycles. The third-order valence-electron chi connectivity index (χ3n) is 3.81. The van der Waals surface area contributed by atoms with Gasteiger partial charge in [0.25, 0.3) is 0 Å². The minimum Gasteiger partial charge on any atom is -0.495 e. The van der Waals surface area contributed by atoms with Crippen LogP contribution in [0.15, 0.2) is 18.3 Å². The van der Waals surface area contributed by atoms with Gasteiger partial charge in [-0.25, -0.2) is 0 Å². The molecule has 9 heteroatoms. The zero-order chi connectivity index (χ0) is 17.6. The molecule has 1 unspecified atom stereocenters. The van der Waals surface area contributed by atoms with Gasteiger partial charge in [0, 0.05) is 25.3 Å². The summed E-state index contributed by atoms with van der Waals surface area (Å²) in [4.78, 5) is 4.40. The molecule has 1 aromatic carbocycles. The fourth-order valence-electron chi connectivity index (χ4n) is 2.54. The molecule has 3 rings (SSSR count). The van der Waals surface area contributed by atoms with Crippen LogP contribution in [0, 0.1) is 0 Å². The first-order valence-corrected chi connectivity index (χ1v) is 8.31. The molecule has 0 aliphatic carbocycles. The van der Waals surface area contributed by atoms with E-state index in [1.165, 1.54) is 0 Å². The molecule has 1 fully saturated rings. The Balaban J connectivity index is 1.73. The Morgan fingerprint density at radius 2 is 2.12 bits per heavy atom. The van der Waals surface area contributed by atoms with Gasteiger partial charge in [-0.1, -0.05) is 11.6 Å². The molecule has 1 aliphatic rings. The first kappa shape index (κ1) is 17.5. The van der Waals surface area contributed by atoms with Gasteiger partial charge >= 0.3 is 0 Å². The van der Waals surface area contributed by atoms with Gasteiger partial charge in [-0.15, -0.1) is 5.10 Å². The largest absolute Gasteiger partial charge is 0.495 e. The lowest BCUT2D eigenvalue weighted by atomic mass is 10.2. The highest BCUT2D eigenvalue weighted by molar-refractivity contribution is 6.32. The Hall–Kier alpha value is -2.32. The number of hydrogen-bond donors (Lipinski definition) is 2. The number of anilines is 3. The molecule has 25 heavy (non-hydrogen) atoms. The van der Waals surface area contributed by atoms with E-state index in [-0.39, 0.29) is 6.10 Å². The number of nitrogens with zero attached hydrogens (tertiary/aromatic N) is 3. The molecule has 1 saturated heterocycles. The molecular weight excluding hydrogens is 346 g/mol. The zero-order valence-corrected chi connectivity index (χ0v) is 14.8. The highest BCUT2D eigenvalue weighted by atomic mass is 35.5. The van der Waals surface area contributed by atoms with Crippen molar-refractivity contribution in [3.8, 4) is 11.5 Å². The number of rotatable bonds is 7. The average molecular weight is 366 g/mol. The van der Waals surface area contributed by atoms with Gasteiger partial charge in [0.1, 0.15) is 11.5 Å². The molecular formula is C16H20ClN5O3. The van der Waals surface area contributed by atoms with Crippen molar-refractivity contribution in [2.24, 2.45) is 0 Å². The molecule has 0 radical (unpaired) electrons. The maximum Gasteiger partial charge on any atom is 0.249 e. The Labute approximate surface area is 150 Å². The number of ether oxygens (including phenoxy) is 3. The van der Waals surface area contributed by atoms with E-state index >= 15 is 0 Å². The number of methoxy groups -OCH3 is 2. The second-order valence-corrected chi connectivity index (χ2v) is 5.90. The van der Waals surface area contributed by atoms with Crippen molar-refractivity contribution < 1.29 is 14.2 Å². The van der Waals surface area contributed by atoms with Gasteiger partial charge in [0.15, 0.2) is 5.82 Å². The summed E-state index contributed by atoms with van der Waals surface area (Å²) in [6.07, 6.45) is 3.93. The predicted molar refractivity (Wildman–Crippen MR) is 95.1 cm³/mol. The summed E-state index contributed by atoms with van der Waals surface area (Å²) in [6.45, 7) is 1.51. The summed E-state index contributed by atoms with van der Waals surface area (Å²) in [5.74, 6) is 2.02. The highest BCUT2D eigenvalue weighted by Crippen LogP contribution is 2.36. The molecule has 134 valence electrons. The number of aromatic nitrogens is 3. The highest BCUT2D eigenvalue weighted by Gasteiger charge is 2.16. The van der Waals surface area contributed by atoms with Crippen molar-refractivity contribution in [3.05, 3.63) is 23.4 Å². The molecule has 1 aliphatic heterocycles. The van der Waals surface area contributed by atoms with Crippen LogP contribution in [0.25, 0.3) is 0 Å². The number of nitrogens with one attached hydrogen (secondary N) is 2. The Kier molecular flexibility index (Phi) is 5.72. The van der Waals surface area contributed by atoms with Gasteiger partial charge in [-0.05, 0) is 12.8 Å². The van der Waals surface area contributed by atoms with Gasteiger partial charge in [0.05, 0.1) is 37.2 Å². The van der Waals surface area contributed by atoms with Crippen LogP contribution >= 0.6 is 11.6 Å². The van der Waals surface area contributed by atoms with E-state index in [1.54, 1.807) is 32.5 Å². The van der Waals surface area contributed by atoms with E-state index in [0.717, 1.165) is 19.4 Å². The number of halogens is 1. The monoisotopic (exact) mass is 365 g/mol. The van der Waals surface area contributed by atoms with E-state index in [2.05, 4.69) is 25.8 Å². The van der Waals surface area contributed by atoms with Crippen LogP contribution in [0.4, 0.5) is 17.5 Å². The first-order valence-electron chi connectivity index (χ1n) is 7.93. The molecule has 2 heterocycles. The number of benzene rings is 1. The molecule has 8 nitrogen and oxygen atoms in total. The van der Waals surface area contributed by atoms with Crippen LogP contribution in [0.5, 0.6) is 11.5 Å².